The van der Waals surface area contributed by atoms with E-state index < -0.39 is 41.0 Å². The number of amides is 2. The number of phenolic OH excluding ortho intramolecular Hbond substituents is 1. The number of anilines is 1. The summed E-state index contributed by atoms with van der Waals surface area (Å²) in [5.74, 6) is -3.14. The number of phenols is 1. The van der Waals surface area contributed by atoms with Crippen LogP contribution >= 0.6 is 0 Å². The zero-order valence-electron chi connectivity index (χ0n) is 22.5. The molecule has 0 unspecified atom stereocenters. The summed E-state index contributed by atoms with van der Waals surface area (Å²) in [6.45, 7) is 3.95. The molecule has 0 radical (unpaired) electrons. The molecule has 6 rings (SSSR count). The van der Waals surface area contributed by atoms with E-state index in [4.69, 9.17) is 10.8 Å². The number of carbonyl (C=O) groups excluding carboxylic acids is 2. The van der Waals surface area contributed by atoms with E-state index in [1.54, 1.807) is 10.7 Å². The number of nitrogens with zero attached hydrogens (tertiary/aromatic N) is 5. The molecular weight excluding hydrogens is 556 g/mol. The highest BCUT2D eigenvalue weighted by atomic mass is 19.4. The van der Waals surface area contributed by atoms with E-state index in [1.807, 2.05) is 12.1 Å². The largest absolute Gasteiger partial charge is 0.506 e. The quantitative estimate of drug-likeness (QED) is 0.349. The smallest absolute Gasteiger partial charge is 0.436 e. The third-order valence-electron chi connectivity index (χ3n) is 8.46. The number of halogens is 4. The summed E-state index contributed by atoms with van der Waals surface area (Å²) in [4.78, 5) is 32.4. The number of alkyl halides is 3. The van der Waals surface area contributed by atoms with Crippen molar-refractivity contribution < 1.29 is 32.3 Å². The predicted molar refractivity (Wildman–Crippen MR) is 143 cm³/mol. The summed E-state index contributed by atoms with van der Waals surface area (Å²) in [5.41, 5.74) is 7.01. The van der Waals surface area contributed by atoms with Gasteiger partial charge in [-0.3, -0.25) is 9.59 Å². The number of hydrogen-bond acceptors (Lipinski definition) is 6. The van der Waals surface area contributed by atoms with Crippen LogP contribution in [0.5, 0.6) is 5.75 Å². The lowest BCUT2D eigenvalue weighted by molar-refractivity contribution is -0.143. The van der Waals surface area contributed by atoms with Crippen molar-refractivity contribution in [3.63, 3.8) is 0 Å². The van der Waals surface area contributed by atoms with Crippen molar-refractivity contribution in [3.05, 3.63) is 76.5 Å². The molecule has 1 aliphatic carbocycles. The highest BCUT2D eigenvalue weighted by Gasteiger charge is 2.42. The van der Waals surface area contributed by atoms with Crippen LogP contribution in [0.15, 0.2) is 36.9 Å². The van der Waals surface area contributed by atoms with Crippen LogP contribution in [0.4, 0.5) is 23.4 Å². The van der Waals surface area contributed by atoms with Crippen molar-refractivity contribution in [1.29, 1.82) is 0 Å². The minimum Gasteiger partial charge on any atom is -0.506 e. The van der Waals surface area contributed by atoms with Gasteiger partial charge in [-0.05, 0) is 48.6 Å². The minimum absolute atomic E-state index is 0.0470. The van der Waals surface area contributed by atoms with Gasteiger partial charge in [0, 0.05) is 38.0 Å². The molecule has 220 valence electrons. The number of aromatic nitrogens is 3. The van der Waals surface area contributed by atoms with Crippen LogP contribution in [-0.4, -0.2) is 61.1 Å². The van der Waals surface area contributed by atoms with Crippen molar-refractivity contribution in [1.82, 2.24) is 24.6 Å². The van der Waals surface area contributed by atoms with Crippen molar-refractivity contribution in [2.45, 2.75) is 50.2 Å². The molecule has 1 atom stereocenters. The number of pyridine rings is 1. The van der Waals surface area contributed by atoms with E-state index in [-0.39, 0.29) is 37.7 Å². The summed E-state index contributed by atoms with van der Waals surface area (Å²) in [7, 11) is 0. The van der Waals surface area contributed by atoms with E-state index >= 15 is 0 Å². The van der Waals surface area contributed by atoms with Gasteiger partial charge in [-0.25, -0.2) is 14.1 Å². The zero-order valence-corrected chi connectivity index (χ0v) is 22.5. The van der Waals surface area contributed by atoms with Gasteiger partial charge in [0.2, 0.25) is 5.91 Å². The Bertz CT molecular complexity index is 1610. The first-order valence-electron chi connectivity index (χ1n) is 13.7. The average molecular weight is 585 g/mol. The Morgan fingerprint density at radius 3 is 2.55 bits per heavy atom. The van der Waals surface area contributed by atoms with Crippen molar-refractivity contribution in [2.75, 3.05) is 25.4 Å². The molecule has 2 aliphatic heterocycles. The summed E-state index contributed by atoms with van der Waals surface area (Å²) < 4.78 is 55.6. The van der Waals surface area contributed by atoms with Gasteiger partial charge < -0.3 is 20.6 Å². The fraction of sp³-hybridized carbons (Fsp3) is 0.379. The van der Waals surface area contributed by atoms with Crippen LogP contribution < -0.4 is 5.73 Å². The normalized spacial score (nSPS) is 18.7. The van der Waals surface area contributed by atoms with Gasteiger partial charge >= 0.3 is 6.18 Å². The average Bonchev–Trinajstić information content (AvgIpc) is 3.16. The Morgan fingerprint density at radius 2 is 1.90 bits per heavy atom. The van der Waals surface area contributed by atoms with Gasteiger partial charge in [-0.15, -0.1) is 0 Å². The molecule has 9 nitrogen and oxygen atoms in total. The fourth-order valence-electron chi connectivity index (χ4n) is 6.11. The molecule has 2 amide bonds. The van der Waals surface area contributed by atoms with Crippen molar-refractivity contribution in [3.8, 4) is 11.4 Å². The maximum absolute atomic E-state index is 14.4. The van der Waals surface area contributed by atoms with Gasteiger partial charge in [0.25, 0.3) is 5.91 Å². The lowest BCUT2D eigenvalue weighted by Crippen LogP contribution is -2.46. The number of carbonyl (C=O) groups is 2. The Hall–Kier alpha value is -4.42. The Balaban J connectivity index is 1.41. The molecular formula is C29H28F4N6O3. The minimum atomic E-state index is -5.09. The molecule has 0 spiro atoms. The molecule has 0 bridgehead atoms. The third-order valence-corrected chi connectivity index (χ3v) is 8.46. The summed E-state index contributed by atoms with van der Waals surface area (Å²) in [5, 5.41) is 15.8. The second-order valence-corrected chi connectivity index (χ2v) is 10.8. The van der Waals surface area contributed by atoms with Crippen LogP contribution in [0.2, 0.25) is 0 Å². The fourth-order valence-corrected chi connectivity index (χ4v) is 6.11. The summed E-state index contributed by atoms with van der Waals surface area (Å²) in [6.07, 6.45) is 0.0220. The SMILES string of the molecule is C=CC(=O)N1CCc2nn(-c3ccc(C4CCC4)cc3O)c3c2[C@H](C1)N(C(=O)c1cc(F)c(C(F)(F)F)nc1N)CC3. The maximum atomic E-state index is 14.4. The Morgan fingerprint density at radius 1 is 1.14 bits per heavy atom. The number of benzene rings is 1. The number of nitrogen functional groups attached to an aromatic ring is 1. The molecule has 1 saturated carbocycles. The second kappa shape index (κ2) is 10.1. The van der Waals surface area contributed by atoms with Gasteiger partial charge in [-0.1, -0.05) is 19.1 Å². The zero-order chi connectivity index (χ0) is 29.9. The monoisotopic (exact) mass is 584 g/mol. The number of hydrogen-bond donors (Lipinski definition) is 2. The molecule has 3 N–H and O–H groups in total. The standard InChI is InChI=1S/C29H28F4N6O3/c1-2-24(41)37-10-8-19-25-21(39(36-19)20-7-6-16(12-23(20)40)15-4-3-5-15)9-11-38(22(25)14-37)28(42)17-13-18(30)26(29(31,32)33)35-27(17)34/h2,6-7,12-13,15,22,40H,1,3-5,8-11,14H2,(H2,34,35)/t22-/m0/s1. The van der Waals surface area contributed by atoms with E-state index in [1.165, 1.54) is 9.80 Å². The predicted octanol–water partition coefficient (Wildman–Crippen LogP) is 4.29. The first kappa shape index (κ1) is 27.7. The summed E-state index contributed by atoms with van der Waals surface area (Å²) in [6, 6.07) is 5.25. The van der Waals surface area contributed by atoms with Crippen molar-refractivity contribution in [2.24, 2.45) is 0 Å². The van der Waals surface area contributed by atoms with Crippen LogP contribution in [-0.2, 0) is 23.8 Å². The lowest BCUT2D eigenvalue weighted by Gasteiger charge is -2.38. The van der Waals surface area contributed by atoms with E-state index in [9.17, 15) is 32.3 Å². The number of aromatic hydroxyl groups is 1. The topological polar surface area (TPSA) is 118 Å². The van der Waals surface area contributed by atoms with Crippen LogP contribution in [0.25, 0.3) is 5.69 Å². The molecule has 3 aliphatic rings. The molecule has 1 fully saturated rings. The van der Waals surface area contributed by atoms with E-state index in [0.717, 1.165) is 36.6 Å². The third kappa shape index (κ3) is 4.56. The molecule has 4 heterocycles. The van der Waals surface area contributed by atoms with Crippen molar-refractivity contribution >= 4 is 17.6 Å². The maximum Gasteiger partial charge on any atom is 0.436 e. The molecule has 13 heteroatoms. The molecule has 3 aromatic rings. The first-order valence-corrected chi connectivity index (χ1v) is 13.7. The Kier molecular flexibility index (Phi) is 6.70. The Labute approximate surface area is 238 Å². The van der Waals surface area contributed by atoms with Crippen LogP contribution in [0.3, 0.4) is 0 Å². The number of rotatable bonds is 4. The van der Waals surface area contributed by atoms with Crippen LogP contribution in [0, 0.1) is 5.82 Å². The molecule has 2 aromatic heterocycles. The molecule has 1 aromatic carbocycles. The van der Waals surface area contributed by atoms with Gasteiger partial charge in [0.05, 0.1) is 23.0 Å². The van der Waals surface area contributed by atoms with E-state index in [2.05, 4.69) is 11.6 Å². The second-order valence-electron chi connectivity index (χ2n) is 10.8. The highest BCUT2D eigenvalue weighted by molar-refractivity contribution is 5.99. The summed E-state index contributed by atoms with van der Waals surface area (Å²) >= 11 is 0. The lowest BCUT2D eigenvalue weighted by atomic mass is 9.80. The van der Waals surface area contributed by atoms with Gasteiger partial charge in [-0.2, -0.15) is 18.3 Å². The molecule has 42 heavy (non-hydrogen) atoms. The first-order chi connectivity index (χ1) is 20.0. The van der Waals surface area contributed by atoms with Gasteiger partial charge in [0.1, 0.15) is 17.3 Å². The number of nitrogens with two attached hydrogens (primary N) is 1. The van der Waals surface area contributed by atoms with Crippen LogP contribution in [0.1, 0.15) is 69.8 Å². The highest BCUT2D eigenvalue weighted by Crippen LogP contribution is 2.42. The van der Waals surface area contributed by atoms with Gasteiger partial charge in [0.15, 0.2) is 11.5 Å². The van der Waals surface area contributed by atoms with E-state index in [0.29, 0.717) is 35.3 Å². The molecule has 0 saturated heterocycles.